The van der Waals surface area contributed by atoms with Crippen molar-refractivity contribution in [2.75, 3.05) is 23.3 Å². The quantitative estimate of drug-likeness (QED) is 0.868. The molecule has 4 nitrogen and oxygen atoms in total. The van der Waals surface area contributed by atoms with Crippen LogP contribution in [0.1, 0.15) is 11.1 Å². The van der Waals surface area contributed by atoms with Crippen LogP contribution in [0, 0.1) is 6.92 Å². The molecule has 0 spiro atoms. The normalized spacial score (nSPS) is 16.8. The SMILES string of the molecule is Cc1ccc(NC(=O)CN2CC(N)Cc3ccccc32)c(Br)c1. The van der Waals surface area contributed by atoms with E-state index in [0.29, 0.717) is 13.1 Å². The van der Waals surface area contributed by atoms with Crippen molar-refractivity contribution >= 4 is 33.2 Å². The molecule has 3 rings (SSSR count). The summed E-state index contributed by atoms with van der Waals surface area (Å²) in [5, 5.41) is 2.96. The van der Waals surface area contributed by atoms with Crippen molar-refractivity contribution in [3.8, 4) is 0 Å². The Hall–Kier alpha value is -1.85. The van der Waals surface area contributed by atoms with Crippen LogP contribution in [0.4, 0.5) is 11.4 Å². The van der Waals surface area contributed by atoms with Crippen LogP contribution in [0.25, 0.3) is 0 Å². The number of hydrogen-bond acceptors (Lipinski definition) is 3. The summed E-state index contributed by atoms with van der Waals surface area (Å²) in [7, 11) is 0. The zero-order valence-corrected chi connectivity index (χ0v) is 14.6. The first kappa shape index (κ1) is 16.0. The van der Waals surface area contributed by atoms with Gasteiger partial charge in [-0.25, -0.2) is 0 Å². The van der Waals surface area contributed by atoms with Crippen molar-refractivity contribution in [3.63, 3.8) is 0 Å². The molecule has 0 saturated heterocycles. The lowest BCUT2D eigenvalue weighted by atomic mass is 9.98. The summed E-state index contributed by atoms with van der Waals surface area (Å²) in [5.74, 6) is -0.0431. The van der Waals surface area contributed by atoms with Crippen molar-refractivity contribution in [2.24, 2.45) is 5.73 Å². The molecular formula is C18H20BrN3O. The minimum absolute atomic E-state index is 0.0431. The van der Waals surface area contributed by atoms with Crippen molar-refractivity contribution in [2.45, 2.75) is 19.4 Å². The third kappa shape index (κ3) is 3.74. The van der Waals surface area contributed by atoms with Gasteiger partial charge in [-0.1, -0.05) is 24.3 Å². The van der Waals surface area contributed by atoms with Crippen LogP contribution in [0.3, 0.4) is 0 Å². The topological polar surface area (TPSA) is 58.4 Å². The Morgan fingerprint density at radius 2 is 2.13 bits per heavy atom. The molecule has 1 amide bonds. The molecule has 2 aromatic carbocycles. The highest BCUT2D eigenvalue weighted by atomic mass is 79.9. The molecule has 1 unspecified atom stereocenters. The summed E-state index contributed by atoms with van der Waals surface area (Å²) in [5.41, 5.74) is 10.4. The van der Waals surface area contributed by atoms with Gasteiger partial charge in [0, 0.05) is 22.7 Å². The largest absolute Gasteiger partial charge is 0.360 e. The maximum absolute atomic E-state index is 12.4. The van der Waals surface area contributed by atoms with Crippen LogP contribution < -0.4 is 16.0 Å². The van der Waals surface area contributed by atoms with E-state index >= 15 is 0 Å². The predicted octanol–water partition coefficient (Wildman–Crippen LogP) is 3.09. The molecule has 1 heterocycles. The zero-order valence-electron chi connectivity index (χ0n) is 13.1. The second-order valence-corrected chi connectivity index (χ2v) is 6.86. The van der Waals surface area contributed by atoms with Gasteiger partial charge in [0.05, 0.1) is 12.2 Å². The van der Waals surface area contributed by atoms with Gasteiger partial charge in [-0.05, 0) is 58.6 Å². The van der Waals surface area contributed by atoms with Crippen LogP contribution in [-0.4, -0.2) is 25.0 Å². The van der Waals surface area contributed by atoms with Gasteiger partial charge in [0.2, 0.25) is 5.91 Å². The number of halogens is 1. The Morgan fingerprint density at radius 1 is 1.35 bits per heavy atom. The van der Waals surface area contributed by atoms with Crippen molar-refractivity contribution in [1.29, 1.82) is 0 Å². The fourth-order valence-corrected chi connectivity index (χ4v) is 3.55. The second-order valence-electron chi connectivity index (χ2n) is 6.00. The molecule has 2 aromatic rings. The molecule has 0 radical (unpaired) electrons. The fraction of sp³-hybridized carbons (Fsp3) is 0.278. The average molecular weight is 374 g/mol. The number of amides is 1. The number of carbonyl (C=O) groups excluding carboxylic acids is 1. The average Bonchev–Trinajstić information content (AvgIpc) is 2.50. The predicted molar refractivity (Wildman–Crippen MR) is 97.8 cm³/mol. The standard InChI is InChI=1S/C18H20BrN3O/c1-12-6-7-16(15(19)8-12)21-18(23)11-22-10-14(20)9-13-4-2-3-5-17(13)22/h2-8,14H,9-11,20H2,1H3,(H,21,23). The van der Waals surface area contributed by atoms with E-state index in [0.717, 1.165) is 27.8 Å². The number of anilines is 2. The third-order valence-electron chi connectivity index (χ3n) is 4.00. The summed E-state index contributed by atoms with van der Waals surface area (Å²) in [6, 6.07) is 14.1. The molecule has 1 atom stereocenters. The highest BCUT2D eigenvalue weighted by molar-refractivity contribution is 9.10. The number of nitrogens with one attached hydrogen (secondary N) is 1. The number of benzene rings is 2. The van der Waals surface area contributed by atoms with E-state index in [2.05, 4.69) is 38.3 Å². The smallest absolute Gasteiger partial charge is 0.243 e. The van der Waals surface area contributed by atoms with Gasteiger partial charge in [0.25, 0.3) is 0 Å². The van der Waals surface area contributed by atoms with Gasteiger partial charge >= 0.3 is 0 Å². The highest BCUT2D eigenvalue weighted by Crippen LogP contribution is 2.27. The van der Waals surface area contributed by atoms with Crippen LogP contribution >= 0.6 is 15.9 Å². The summed E-state index contributed by atoms with van der Waals surface area (Å²) < 4.78 is 0.890. The minimum atomic E-state index is -0.0431. The van der Waals surface area contributed by atoms with E-state index in [9.17, 15) is 4.79 Å². The van der Waals surface area contributed by atoms with Gasteiger partial charge in [0.15, 0.2) is 0 Å². The Labute approximate surface area is 144 Å². The summed E-state index contributed by atoms with van der Waals surface area (Å²) >= 11 is 3.49. The van der Waals surface area contributed by atoms with Gasteiger partial charge < -0.3 is 16.0 Å². The first-order valence-corrected chi connectivity index (χ1v) is 8.46. The zero-order chi connectivity index (χ0) is 16.4. The lowest BCUT2D eigenvalue weighted by Crippen LogP contribution is -2.46. The molecule has 0 aromatic heterocycles. The molecule has 0 fully saturated rings. The summed E-state index contributed by atoms with van der Waals surface area (Å²) in [6.45, 7) is 3.01. The van der Waals surface area contributed by atoms with E-state index in [1.165, 1.54) is 5.56 Å². The molecule has 120 valence electrons. The van der Waals surface area contributed by atoms with Crippen molar-refractivity contribution in [3.05, 3.63) is 58.1 Å². The molecule has 1 aliphatic rings. The first-order chi connectivity index (χ1) is 11.0. The number of nitrogens with zero attached hydrogens (tertiary/aromatic N) is 1. The van der Waals surface area contributed by atoms with Gasteiger partial charge in [-0.3, -0.25) is 4.79 Å². The second kappa shape index (κ2) is 6.72. The molecule has 0 saturated carbocycles. The van der Waals surface area contributed by atoms with E-state index in [4.69, 9.17) is 5.73 Å². The lowest BCUT2D eigenvalue weighted by Gasteiger charge is -2.34. The molecule has 0 bridgehead atoms. The number of hydrogen-bond donors (Lipinski definition) is 2. The number of rotatable bonds is 3. The van der Waals surface area contributed by atoms with Crippen LogP contribution in [-0.2, 0) is 11.2 Å². The monoisotopic (exact) mass is 373 g/mol. The maximum Gasteiger partial charge on any atom is 0.243 e. The number of fused-ring (bicyclic) bond motifs is 1. The maximum atomic E-state index is 12.4. The number of nitrogens with two attached hydrogens (primary N) is 1. The molecule has 23 heavy (non-hydrogen) atoms. The highest BCUT2D eigenvalue weighted by Gasteiger charge is 2.23. The van der Waals surface area contributed by atoms with E-state index in [1.807, 2.05) is 37.3 Å². The van der Waals surface area contributed by atoms with Crippen molar-refractivity contribution in [1.82, 2.24) is 0 Å². The number of para-hydroxylation sites is 1. The van der Waals surface area contributed by atoms with Gasteiger partial charge in [-0.2, -0.15) is 0 Å². The van der Waals surface area contributed by atoms with E-state index in [-0.39, 0.29) is 11.9 Å². The molecular weight excluding hydrogens is 354 g/mol. The third-order valence-corrected chi connectivity index (χ3v) is 4.66. The first-order valence-electron chi connectivity index (χ1n) is 7.67. The molecule has 1 aliphatic heterocycles. The van der Waals surface area contributed by atoms with Gasteiger partial charge in [-0.15, -0.1) is 0 Å². The number of carbonyl (C=O) groups is 1. The van der Waals surface area contributed by atoms with E-state index < -0.39 is 0 Å². The van der Waals surface area contributed by atoms with Crippen LogP contribution in [0.2, 0.25) is 0 Å². The van der Waals surface area contributed by atoms with Crippen LogP contribution in [0.15, 0.2) is 46.9 Å². The molecule has 0 aliphatic carbocycles. The lowest BCUT2D eigenvalue weighted by molar-refractivity contribution is -0.115. The molecule has 5 heteroatoms. The van der Waals surface area contributed by atoms with Gasteiger partial charge in [0.1, 0.15) is 0 Å². The Morgan fingerprint density at radius 3 is 2.91 bits per heavy atom. The summed E-state index contributed by atoms with van der Waals surface area (Å²) in [4.78, 5) is 14.5. The van der Waals surface area contributed by atoms with E-state index in [1.54, 1.807) is 0 Å². The minimum Gasteiger partial charge on any atom is -0.360 e. The Balaban J connectivity index is 1.73. The fourth-order valence-electron chi connectivity index (χ4n) is 2.95. The summed E-state index contributed by atoms with van der Waals surface area (Å²) in [6.07, 6.45) is 0.859. The van der Waals surface area contributed by atoms with Crippen LogP contribution in [0.5, 0.6) is 0 Å². The Kier molecular flexibility index (Phi) is 4.68. The number of aryl methyl sites for hydroxylation is 1. The molecule has 3 N–H and O–H groups in total. The Bertz CT molecular complexity index is 732. The van der Waals surface area contributed by atoms with Crippen molar-refractivity contribution < 1.29 is 4.79 Å².